The van der Waals surface area contributed by atoms with Crippen LogP contribution in [0.5, 0.6) is 0 Å². The lowest BCUT2D eigenvalue weighted by molar-refractivity contribution is -0.139. The van der Waals surface area contributed by atoms with Crippen LogP contribution in [0.2, 0.25) is 0 Å². The van der Waals surface area contributed by atoms with E-state index in [2.05, 4.69) is 5.32 Å². The Kier molecular flexibility index (Phi) is 5.16. The zero-order chi connectivity index (χ0) is 15.2. The first-order valence-electron chi connectivity index (χ1n) is 7.14. The number of urea groups is 1. The second-order valence-electron chi connectivity index (χ2n) is 5.35. The number of likely N-dealkylation sites (tertiary alicyclic amines) is 1. The normalized spacial score (nSPS) is 17.3. The number of hydrogen-bond acceptors (Lipinski definition) is 3. The van der Waals surface area contributed by atoms with E-state index in [4.69, 9.17) is 5.73 Å². The molecule has 1 aliphatic rings. The summed E-state index contributed by atoms with van der Waals surface area (Å²) in [6, 6.07) is 8.15. The standard InChI is InChI=1S/C15H21N3O3/c16-12-6-8-18(9-7-12)15(21)17-13(14(19)20)10-11-4-2-1-3-5-11/h1-5,12-13H,6-10,16H2,(H,17,21)(H,19,20)/t13-/m0/s1. The third kappa shape index (κ3) is 4.46. The minimum absolute atomic E-state index is 0.133. The van der Waals surface area contributed by atoms with Crippen LogP contribution in [-0.2, 0) is 11.2 Å². The number of amides is 2. The Hall–Kier alpha value is -2.08. The number of carboxylic acids is 1. The smallest absolute Gasteiger partial charge is 0.326 e. The molecule has 6 heteroatoms. The van der Waals surface area contributed by atoms with Crippen molar-refractivity contribution in [1.82, 2.24) is 10.2 Å². The Morgan fingerprint density at radius 3 is 2.48 bits per heavy atom. The van der Waals surface area contributed by atoms with E-state index in [9.17, 15) is 14.7 Å². The molecular formula is C15H21N3O3. The summed E-state index contributed by atoms with van der Waals surface area (Å²) in [6.45, 7) is 1.15. The lowest BCUT2D eigenvalue weighted by Gasteiger charge is -2.31. The fourth-order valence-electron chi connectivity index (χ4n) is 2.39. The highest BCUT2D eigenvalue weighted by molar-refractivity contribution is 5.82. The third-order valence-electron chi connectivity index (χ3n) is 3.71. The second kappa shape index (κ2) is 7.08. The maximum Gasteiger partial charge on any atom is 0.326 e. The number of nitrogens with zero attached hydrogens (tertiary/aromatic N) is 1. The van der Waals surface area contributed by atoms with E-state index >= 15 is 0 Å². The number of aliphatic carboxylic acids is 1. The molecule has 21 heavy (non-hydrogen) atoms. The van der Waals surface area contributed by atoms with Gasteiger partial charge >= 0.3 is 12.0 Å². The lowest BCUT2D eigenvalue weighted by Crippen LogP contribution is -2.52. The van der Waals surface area contributed by atoms with Gasteiger partial charge in [-0.25, -0.2) is 9.59 Å². The van der Waals surface area contributed by atoms with Crippen LogP contribution < -0.4 is 11.1 Å². The number of nitrogens with one attached hydrogen (secondary N) is 1. The molecule has 1 aromatic rings. The van der Waals surface area contributed by atoms with E-state index in [1.165, 1.54) is 0 Å². The predicted molar refractivity (Wildman–Crippen MR) is 78.9 cm³/mol. The van der Waals surface area contributed by atoms with E-state index in [0.29, 0.717) is 13.1 Å². The van der Waals surface area contributed by atoms with Gasteiger partial charge in [-0.3, -0.25) is 0 Å². The molecule has 1 atom stereocenters. The highest BCUT2D eigenvalue weighted by Crippen LogP contribution is 2.09. The van der Waals surface area contributed by atoms with Gasteiger partial charge in [-0.2, -0.15) is 0 Å². The van der Waals surface area contributed by atoms with Crippen LogP contribution in [0.3, 0.4) is 0 Å². The number of hydrogen-bond donors (Lipinski definition) is 3. The molecule has 0 aliphatic carbocycles. The highest BCUT2D eigenvalue weighted by Gasteiger charge is 2.25. The monoisotopic (exact) mass is 291 g/mol. The van der Waals surface area contributed by atoms with Gasteiger partial charge in [-0.1, -0.05) is 30.3 Å². The lowest BCUT2D eigenvalue weighted by atomic mass is 10.1. The number of piperidine rings is 1. The van der Waals surface area contributed by atoms with E-state index < -0.39 is 12.0 Å². The molecule has 0 unspecified atom stereocenters. The Morgan fingerprint density at radius 1 is 1.29 bits per heavy atom. The molecular weight excluding hydrogens is 270 g/mol. The van der Waals surface area contributed by atoms with Gasteiger partial charge in [0.05, 0.1) is 0 Å². The van der Waals surface area contributed by atoms with Crippen molar-refractivity contribution < 1.29 is 14.7 Å². The highest BCUT2D eigenvalue weighted by atomic mass is 16.4. The van der Waals surface area contributed by atoms with Crippen molar-refractivity contribution in [3.63, 3.8) is 0 Å². The van der Waals surface area contributed by atoms with Crippen LogP contribution in [-0.4, -0.2) is 47.2 Å². The van der Waals surface area contributed by atoms with Gasteiger partial charge in [-0.05, 0) is 18.4 Å². The van der Waals surface area contributed by atoms with Crippen LogP contribution in [0.1, 0.15) is 18.4 Å². The molecule has 1 aromatic carbocycles. The van der Waals surface area contributed by atoms with Crippen molar-refractivity contribution >= 4 is 12.0 Å². The summed E-state index contributed by atoms with van der Waals surface area (Å²) in [5, 5.41) is 11.9. The van der Waals surface area contributed by atoms with Gasteiger partial charge in [0.25, 0.3) is 0 Å². The molecule has 1 fully saturated rings. The second-order valence-corrected chi connectivity index (χ2v) is 5.35. The SMILES string of the molecule is NC1CCN(C(=O)N[C@@H](Cc2ccccc2)C(=O)O)CC1. The summed E-state index contributed by atoms with van der Waals surface area (Å²) >= 11 is 0. The van der Waals surface area contributed by atoms with Crippen molar-refractivity contribution in [2.75, 3.05) is 13.1 Å². The van der Waals surface area contributed by atoms with Crippen molar-refractivity contribution in [2.45, 2.75) is 31.3 Å². The largest absolute Gasteiger partial charge is 0.480 e. The zero-order valence-electron chi connectivity index (χ0n) is 11.9. The van der Waals surface area contributed by atoms with Crippen molar-refractivity contribution in [3.8, 4) is 0 Å². The fourth-order valence-corrected chi connectivity index (χ4v) is 2.39. The van der Waals surface area contributed by atoms with Crippen molar-refractivity contribution in [2.24, 2.45) is 5.73 Å². The summed E-state index contributed by atoms with van der Waals surface area (Å²) in [6.07, 6.45) is 1.78. The van der Waals surface area contributed by atoms with E-state index in [0.717, 1.165) is 18.4 Å². The van der Waals surface area contributed by atoms with Gasteiger partial charge in [-0.15, -0.1) is 0 Å². The van der Waals surface area contributed by atoms with Gasteiger partial charge in [0.2, 0.25) is 0 Å². The molecule has 1 heterocycles. The molecule has 0 radical (unpaired) electrons. The molecule has 4 N–H and O–H groups in total. The summed E-state index contributed by atoms with van der Waals surface area (Å²) < 4.78 is 0. The Labute approximate surface area is 123 Å². The van der Waals surface area contributed by atoms with Gasteiger partial charge in [0, 0.05) is 25.6 Å². The first-order chi connectivity index (χ1) is 10.1. The van der Waals surface area contributed by atoms with Crippen LogP contribution in [0.15, 0.2) is 30.3 Å². The number of carbonyl (C=O) groups excluding carboxylic acids is 1. The number of carbonyl (C=O) groups is 2. The van der Waals surface area contributed by atoms with Crippen molar-refractivity contribution in [3.05, 3.63) is 35.9 Å². The molecule has 0 bridgehead atoms. The molecule has 0 saturated carbocycles. The number of nitrogens with two attached hydrogens (primary N) is 1. The maximum absolute atomic E-state index is 12.1. The quantitative estimate of drug-likeness (QED) is 0.765. The summed E-state index contributed by atoms with van der Waals surface area (Å²) in [5.41, 5.74) is 6.68. The van der Waals surface area contributed by atoms with Crippen molar-refractivity contribution in [1.29, 1.82) is 0 Å². The minimum Gasteiger partial charge on any atom is -0.480 e. The average molecular weight is 291 g/mol. The van der Waals surface area contributed by atoms with Gasteiger partial charge in [0.1, 0.15) is 6.04 Å². The maximum atomic E-state index is 12.1. The first-order valence-corrected chi connectivity index (χ1v) is 7.14. The van der Waals surface area contributed by atoms with Crippen LogP contribution in [0.4, 0.5) is 4.79 Å². The number of rotatable bonds is 4. The Morgan fingerprint density at radius 2 is 1.90 bits per heavy atom. The van der Waals surface area contributed by atoms with E-state index in [1.807, 2.05) is 30.3 Å². The topological polar surface area (TPSA) is 95.7 Å². The molecule has 2 rings (SSSR count). The van der Waals surface area contributed by atoms with Crippen LogP contribution in [0, 0.1) is 0 Å². The first kappa shape index (κ1) is 15.3. The zero-order valence-corrected chi connectivity index (χ0v) is 11.9. The molecule has 1 saturated heterocycles. The van der Waals surface area contributed by atoms with Gasteiger partial charge < -0.3 is 21.1 Å². The molecule has 114 valence electrons. The molecule has 1 aliphatic heterocycles. The van der Waals surface area contributed by atoms with E-state index in [-0.39, 0.29) is 18.5 Å². The third-order valence-corrected chi connectivity index (χ3v) is 3.71. The summed E-state index contributed by atoms with van der Waals surface area (Å²) in [4.78, 5) is 25.1. The van der Waals surface area contributed by atoms with Crippen LogP contribution >= 0.6 is 0 Å². The Bertz CT molecular complexity index is 484. The molecule has 0 aromatic heterocycles. The predicted octanol–water partition coefficient (Wildman–Crippen LogP) is 0.815. The molecule has 0 spiro atoms. The minimum atomic E-state index is -1.03. The number of benzene rings is 1. The average Bonchev–Trinajstić information content (AvgIpc) is 2.48. The fraction of sp³-hybridized carbons (Fsp3) is 0.467. The van der Waals surface area contributed by atoms with Crippen LogP contribution in [0.25, 0.3) is 0 Å². The summed E-state index contributed by atoms with van der Waals surface area (Å²) in [5.74, 6) is -1.03. The summed E-state index contributed by atoms with van der Waals surface area (Å²) in [7, 11) is 0. The number of carboxylic acid groups (broad SMARTS) is 1. The van der Waals surface area contributed by atoms with Gasteiger partial charge in [0.15, 0.2) is 0 Å². The molecule has 6 nitrogen and oxygen atoms in total. The van der Waals surface area contributed by atoms with E-state index in [1.54, 1.807) is 4.90 Å². The Balaban J connectivity index is 1.93. The molecule has 2 amide bonds.